The molecule has 2 aromatic heterocycles. The van der Waals surface area contributed by atoms with Gasteiger partial charge in [-0.3, -0.25) is 9.48 Å². The Kier molecular flexibility index (Phi) is 7.88. The number of aryl methyl sites for hydroxylation is 1. The standard InChI is InChI=1S/C31H35ClFN5O3/c1-36-18-26(32)28(35-36)19-41-23-10-11-27-29(16-23)38(30(34-27)24-4-2-3-5-25(24)31(39)40)17-20-6-8-22(9-7-20)37-14-12-21(33)13-15-37/h6-11,16,18,21,24-25H,2-5,12-15,17,19H2,1H3,(H,39,40)/t24-,25+/m1/s1. The molecule has 1 N–H and O–H groups in total. The van der Waals surface area contributed by atoms with Gasteiger partial charge < -0.3 is 19.3 Å². The van der Waals surface area contributed by atoms with Crippen molar-refractivity contribution in [2.24, 2.45) is 13.0 Å². The minimum absolute atomic E-state index is 0.161. The Bertz CT molecular complexity index is 1530. The molecular formula is C31H35ClFN5O3. The predicted molar refractivity (Wildman–Crippen MR) is 157 cm³/mol. The summed E-state index contributed by atoms with van der Waals surface area (Å²) in [5.74, 6) is 0.0998. The summed E-state index contributed by atoms with van der Waals surface area (Å²) in [5, 5.41) is 15.0. The fourth-order valence-corrected chi connectivity index (χ4v) is 6.49. The van der Waals surface area contributed by atoms with Crippen molar-refractivity contribution in [3.05, 3.63) is 70.8 Å². The average Bonchev–Trinajstić information content (AvgIpc) is 3.50. The molecule has 216 valence electrons. The fraction of sp³-hybridized carbons (Fsp3) is 0.452. The number of carboxylic acids is 1. The van der Waals surface area contributed by atoms with Crippen molar-refractivity contribution in [2.75, 3.05) is 18.0 Å². The van der Waals surface area contributed by atoms with Crippen LogP contribution >= 0.6 is 11.6 Å². The van der Waals surface area contributed by atoms with Gasteiger partial charge in [0.25, 0.3) is 0 Å². The van der Waals surface area contributed by atoms with Crippen LogP contribution in [-0.2, 0) is 25.0 Å². The van der Waals surface area contributed by atoms with E-state index in [1.165, 1.54) is 0 Å². The lowest BCUT2D eigenvalue weighted by Gasteiger charge is -2.30. The fourth-order valence-electron chi connectivity index (χ4n) is 6.25. The van der Waals surface area contributed by atoms with Crippen LogP contribution in [0.2, 0.25) is 5.02 Å². The Labute approximate surface area is 243 Å². The first-order valence-electron chi connectivity index (χ1n) is 14.4. The van der Waals surface area contributed by atoms with Crippen LogP contribution < -0.4 is 9.64 Å². The summed E-state index contributed by atoms with van der Waals surface area (Å²) in [7, 11) is 1.82. The monoisotopic (exact) mass is 579 g/mol. The van der Waals surface area contributed by atoms with Crippen LogP contribution in [0.4, 0.5) is 10.1 Å². The summed E-state index contributed by atoms with van der Waals surface area (Å²) in [6.07, 6.45) is 5.52. The molecule has 1 saturated carbocycles. The number of halogens is 2. The first-order valence-corrected chi connectivity index (χ1v) is 14.8. The molecule has 41 heavy (non-hydrogen) atoms. The van der Waals surface area contributed by atoms with E-state index in [4.69, 9.17) is 21.3 Å². The molecule has 2 aliphatic rings. The van der Waals surface area contributed by atoms with E-state index in [2.05, 4.69) is 38.8 Å². The highest BCUT2D eigenvalue weighted by atomic mass is 35.5. The molecule has 2 aromatic carbocycles. The SMILES string of the molecule is Cn1cc(Cl)c(COc2ccc3nc([C@@H]4CCCC[C@@H]4C(=O)O)n(Cc4ccc(N5CCC(F)CC5)cc4)c3c2)n1. The molecule has 0 spiro atoms. The molecule has 2 atom stereocenters. The number of ether oxygens (including phenoxy) is 1. The van der Waals surface area contributed by atoms with E-state index in [1.807, 2.05) is 25.2 Å². The van der Waals surface area contributed by atoms with Crippen molar-refractivity contribution in [3.8, 4) is 5.75 Å². The van der Waals surface area contributed by atoms with Gasteiger partial charge >= 0.3 is 5.97 Å². The van der Waals surface area contributed by atoms with Gasteiger partial charge in [0.1, 0.15) is 30.0 Å². The molecule has 4 aromatic rings. The number of carboxylic acid groups (broad SMARTS) is 1. The van der Waals surface area contributed by atoms with E-state index in [9.17, 15) is 14.3 Å². The van der Waals surface area contributed by atoms with Crippen LogP contribution in [0.3, 0.4) is 0 Å². The van der Waals surface area contributed by atoms with Crippen molar-refractivity contribution in [3.63, 3.8) is 0 Å². The third-order valence-electron chi connectivity index (χ3n) is 8.46. The van der Waals surface area contributed by atoms with Crippen LogP contribution in [0.25, 0.3) is 11.0 Å². The van der Waals surface area contributed by atoms with Gasteiger partial charge in [-0.05, 0) is 55.5 Å². The number of anilines is 1. The number of alkyl halides is 1. The number of aromatic nitrogens is 4. The Morgan fingerprint density at radius 1 is 1.10 bits per heavy atom. The van der Waals surface area contributed by atoms with Gasteiger partial charge in [0.05, 0.1) is 22.0 Å². The maximum absolute atomic E-state index is 13.6. The van der Waals surface area contributed by atoms with E-state index in [-0.39, 0.29) is 12.5 Å². The van der Waals surface area contributed by atoms with Gasteiger partial charge in [-0.2, -0.15) is 5.10 Å². The Morgan fingerprint density at radius 2 is 1.85 bits per heavy atom. The van der Waals surface area contributed by atoms with E-state index in [0.29, 0.717) is 42.3 Å². The summed E-state index contributed by atoms with van der Waals surface area (Å²) < 4.78 is 23.5. The maximum atomic E-state index is 13.6. The zero-order chi connectivity index (χ0) is 28.5. The molecular weight excluding hydrogens is 545 g/mol. The van der Waals surface area contributed by atoms with Crippen LogP contribution in [0.1, 0.15) is 61.5 Å². The highest BCUT2D eigenvalue weighted by Gasteiger charge is 2.35. The van der Waals surface area contributed by atoms with Gasteiger partial charge in [-0.15, -0.1) is 0 Å². The first-order chi connectivity index (χ1) is 19.9. The molecule has 2 fully saturated rings. The number of imidazole rings is 1. The molecule has 1 aliphatic carbocycles. The number of piperidine rings is 1. The Hall–Kier alpha value is -3.59. The smallest absolute Gasteiger partial charge is 0.307 e. The van der Waals surface area contributed by atoms with Crippen molar-refractivity contribution >= 4 is 34.3 Å². The number of fused-ring (bicyclic) bond motifs is 1. The number of carbonyl (C=O) groups is 1. The molecule has 0 bridgehead atoms. The van der Waals surface area contributed by atoms with Crippen molar-refractivity contribution in [1.82, 2.24) is 19.3 Å². The minimum atomic E-state index is -0.758. The zero-order valence-electron chi connectivity index (χ0n) is 23.2. The highest BCUT2D eigenvalue weighted by Crippen LogP contribution is 2.39. The Balaban J connectivity index is 1.32. The molecule has 6 rings (SSSR count). The number of hydrogen-bond donors (Lipinski definition) is 1. The highest BCUT2D eigenvalue weighted by molar-refractivity contribution is 6.31. The van der Waals surface area contributed by atoms with E-state index in [1.54, 1.807) is 10.9 Å². The summed E-state index contributed by atoms with van der Waals surface area (Å²) >= 11 is 6.27. The van der Waals surface area contributed by atoms with Crippen molar-refractivity contribution in [1.29, 1.82) is 0 Å². The third-order valence-corrected chi connectivity index (χ3v) is 8.78. The molecule has 0 amide bonds. The van der Waals surface area contributed by atoms with Crippen molar-refractivity contribution in [2.45, 2.75) is 63.8 Å². The molecule has 8 nitrogen and oxygen atoms in total. The predicted octanol–water partition coefficient (Wildman–Crippen LogP) is 6.35. The number of hydrogen-bond acceptors (Lipinski definition) is 5. The lowest BCUT2D eigenvalue weighted by molar-refractivity contribution is -0.143. The normalized spacial score (nSPS) is 20.0. The van der Waals surface area contributed by atoms with Gasteiger partial charge in [0.15, 0.2) is 0 Å². The van der Waals surface area contributed by atoms with Gasteiger partial charge in [-0.25, -0.2) is 9.37 Å². The molecule has 3 heterocycles. The second kappa shape index (κ2) is 11.7. The Morgan fingerprint density at radius 3 is 2.56 bits per heavy atom. The number of benzene rings is 2. The van der Waals surface area contributed by atoms with E-state index >= 15 is 0 Å². The van der Waals surface area contributed by atoms with E-state index < -0.39 is 18.1 Å². The molecule has 0 radical (unpaired) electrons. The minimum Gasteiger partial charge on any atom is -0.487 e. The second-order valence-electron chi connectivity index (χ2n) is 11.3. The number of aliphatic carboxylic acids is 1. The van der Waals surface area contributed by atoms with Gasteiger partial charge in [0.2, 0.25) is 0 Å². The number of rotatable bonds is 8. The quantitative estimate of drug-likeness (QED) is 0.262. The first kappa shape index (κ1) is 27.6. The molecule has 10 heteroatoms. The van der Waals surface area contributed by atoms with Gasteiger partial charge in [0, 0.05) is 50.6 Å². The molecule has 1 saturated heterocycles. The van der Waals surface area contributed by atoms with Crippen LogP contribution in [0.5, 0.6) is 5.75 Å². The largest absolute Gasteiger partial charge is 0.487 e. The topological polar surface area (TPSA) is 85.4 Å². The van der Waals surface area contributed by atoms with E-state index in [0.717, 1.165) is 60.5 Å². The lowest BCUT2D eigenvalue weighted by Crippen LogP contribution is -2.34. The van der Waals surface area contributed by atoms with Crippen LogP contribution in [-0.4, -0.2) is 49.7 Å². The van der Waals surface area contributed by atoms with Crippen LogP contribution in [0.15, 0.2) is 48.7 Å². The molecule has 1 aliphatic heterocycles. The summed E-state index contributed by atoms with van der Waals surface area (Å²) in [6, 6.07) is 14.2. The number of nitrogens with zero attached hydrogens (tertiary/aromatic N) is 5. The second-order valence-corrected chi connectivity index (χ2v) is 11.7. The summed E-state index contributed by atoms with van der Waals surface area (Å²) in [4.78, 5) is 19.5. The van der Waals surface area contributed by atoms with Crippen molar-refractivity contribution < 1.29 is 19.0 Å². The summed E-state index contributed by atoms with van der Waals surface area (Å²) in [5.41, 5.74) is 4.55. The van der Waals surface area contributed by atoms with Crippen LogP contribution in [0, 0.1) is 5.92 Å². The van der Waals surface area contributed by atoms with Gasteiger partial charge in [-0.1, -0.05) is 36.6 Å². The maximum Gasteiger partial charge on any atom is 0.307 e. The average molecular weight is 580 g/mol. The lowest BCUT2D eigenvalue weighted by atomic mass is 9.78. The third kappa shape index (κ3) is 5.91. The summed E-state index contributed by atoms with van der Waals surface area (Å²) in [6.45, 7) is 2.23. The molecule has 0 unspecified atom stereocenters. The zero-order valence-corrected chi connectivity index (χ0v) is 23.9.